The van der Waals surface area contributed by atoms with Gasteiger partial charge in [-0.15, -0.1) is 0 Å². The van der Waals surface area contributed by atoms with Gasteiger partial charge in [0.05, 0.1) is 29.0 Å². The van der Waals surface area contributed by atoms with E-state index in [0.717, 1.165) is 29.8 Å². The van der Waals surface area contributed by atoms with Crippen LogP contribution in [0.4, 0.5) is 10.5 Å². The van der Waals surface area contributed by atoms with Gasteiger partial charge in [-0.05, 0) is 48.7 Å². The van der Waals surface area contributed by atoms with Crippen molar-refractivity contribution in [2.75, 3.05) is 11.6 Å². The van der Waals surface area contributed by atoms with E-state index in [1.165, 1.54) is 19.3 Å². The molecule has 0 saturated heterocycles. The average Bonchev–Trinajstić information content (AvgIpc) is 3.17. The van der Waals surface area contributed by atoms with Crippen LogP contribution in [0.25, 0.3) is 0 Å². The Labute approximate surface area is 197 Å². The van der Waals surface area contributed by atoms with Crippen molar-refractivity contribution in [3.63, 3.8) is 0 Å². The van der Waals surface area contributed by atoms with Crippen molar-refractivity contribution in [2.45, 2.75) is 50.6 Å². The Kier molecular flexibility index (Phi) is 7.26. The minimum atomic E-state index is -0.138. The number of anilines is 1. The SMILES string of the molecule is O=C(NCC1=NN(c2ccc(Cl)cc2Cl)C(c2ccc(Cl)cc2)C1)NC1CCCCC1. The molecule has 1 heterocycles. The zero-order valence-electron chi connectivity index (χ0n) is 17.1. The summed E-state index contributed by atoms with van der Waals surface area (Å²) in [6, 6.07) is 13.2. The number of benzene rings is 2. The zero-order chi connectivity index (χ0) is 21.8. The van der Waals surface area contributed by atoms with Crippen molar-refractivity contribution in [1.29, 1.82) is 0 Å². The summed E-state index contributed by atoms with van der Waals surface area (Å²) in [4.78, 5) is 12.4. The van der Waals surface area contributed by atoms with E-state index in [2.05, 4.69) is 10.6 Å². The van der Waals surface area contributed by atoms with Crippen LogP contribution in [-0.2, 0) is 0 Å². The van der Waals surface area contributed by atoms with Crippen LogP contribution in [0.15, 0.2) is 47.6 Å². The highest BCUT2D eigenvalue weighted by Crippen LogP contribution is 2.39. The summed E-state index contributed by atoms with van der Waals surface area (Å²) < 4.78 is 0. The lowest BCUT2D eigenvalue weighted by Crippen LogP contribution is -2.44. The summed E-state index contributed by atoms with van der Waals surface area (Å²) in [5.74, 6) is 0. The summed E-state index contributed by atoms with van der Waals surface area (Å²) >= 11 is 18.6. The second kappa shape index (κ2) is 10.1. The quantitative estimate of drug-likeness (QED) is 0.508. The van der Waals surface area contributed by atoms with Gasteiger partial charge < -0.3 is 10.6 Å². The van der Waals surface area contributed by atoms with E-state index >= 15 is 0 Å². The van der Waals surface area contributed by atoms with Gasteiger partial charge in [0, 0.05) is 22.5 Å². The fraction of sp³-hybridized carbons (Fsp3) is 0.391. The van der Waals surface area contributed by atoms with E-state index in [4.69, 9.17) is 39.9 Å². The molecular weight excluding hydrogens is 455 g/mol. The molecule has 1 aliphatic carbocycles. The molecule has 1 saturated carbocycles. The van der Waals surface area contributed by atoms with E-state index in [-0.39, 0.29) is 18.1 Å². The van der Waals surface area contributed by atoms with Crippen LogP contribution in [-0.4, -0.2) is 24.3 Å². The third-order valence-electron chi connectivity index (χ3n) is 5.78. The Hall–Kier alpha value is -1.95. The first-order valence-corrected chi connectivity index (χ1v) is 11.7. The monoisotopic (exact) mass is 478 g/mol. The smallest absolute Gasteiger partial charge is 0.315 e. The van der Waals surface area contributed by atoms with Gasteiger partial charge in [-0.1, -0.05) is 66.2 Å². The fourth-order valence-corrected chi connectivity index (χ4v) is 4.80. The van der Waals surface area contributed by atoms with Crippen molar-refractivity contribution in [1.82, 2.24) is 10.6 Å². The Morgan fingerprint density at radius 2 is 1.71 bits per heavy atom. The topological polar surface area (TPSA) is 56.7 Å². The van der Waals surface area contributed by atoms with Crippen LogP contribution < -0.4 is 15.6 Å². The molecule has 2 aromatic carbocycles. The molecule has 2 aliphatic rings. The van der Waals surface area contributed by atoms with E-state index in [1.54, 1.807) is 12.1 Å². The second-order valence-electron chi connectivity index (χ2n) is 8.04. The lowest BCUT2D eigenvalue weighted by atomic mass is 9.96. The van der Waals surface area contributed by atoms with Crippen molar-refractivity contribution in [2.24, 2.45) is 5.10 Å². The van der Waals surface area contributed by atoms with Gasteiger partial charge in [0.1, 0.15) is 0 Å². The zero-order valence-corrected chi connectivity index (χ0v) is 19.4. The minimum Gasteiger partial charge on any atom is -0.335 e. The largest absolute Gasteiger partial charge is 0.335 e. The van der Waals surface area contributed by atoms with E-state index < -0.39 is 0 Å². The summed E-state index contributed by atoms with van der Waals surface area (Å²) in [7, 11) is 0. The first kappa shape index (κ1) is 22.3. The molecule has 5 nitrogen and oxygen atoms in total. The van der Waals surface area contributed by atoms with Crippen LogP contribution >= 0.6 is 34.8 Å². The molecule has 1 atom stereocenters. The molecule has 2 aromatic rings. The molecule has 0 spiro atoms. The van der Waals surface area contributed by atoms with Gasteiger partial charge in [-0.25, -0.2) is 4.79 Å². The number of rotatable bonds is 5. The van der Waals surface area contributed by atoms with Crippen molar-refractivity contribution < 1.29 is 4.79 Å². The number of urea groups is 1. The second-order valence-corrected chi connectivity index (χ2v) is 9.32. The number of nitrogens with zero attached hydrogens (tertiary/aromatic N) is 2. The summed E-state index contributed by atoms with van der Waals surface area (Å²) in [5, 5.41) is 14.5. The van der Waals surface area contributed by atoms with Crippen LogP contribution in [0.5, 0.6) is 0 Å². The van der Waals surface area contributed by atoms with E-state index in [9.17, 15) is 4.79 Å². The number of hydrazone groups is 1. The summed E-state index contributed by atoms with van der Waals surface area (Å²) in [6.45, 7) is 0.379. The van der Waals surface area contributed by atoms with E-state index in [1.807, 2.05) is 35.3 Å². The third kappa shape index (κ3) is 5.65. The maximum absolute atomic E-state index is 12.4. The molecule has 1 aliphatic heterocycles. The van der Waals surface area contributed by atoms with Crippen molar-refractivity contribution in [3.8, 4) is 0 Å². The highest BCUT2D eigenvalue weighted by atomic mass is 35.5. The molecule has 164 valence electrons. The van der Waals surface area contributed by atoms with Crippen molar-refractivity contribution >= 4 is 52.2 Å². The van der Waals surface area contributed by atoms with Crippen LogP contribution in [0, 0.1) is 0 Å². The standard InChI is InChI=1S/C23H25Cl3N4O/c24-16-8-6-15(7-9-16)22-13-19(14-27-23(31)28-18-4-2-1-3-5-18)29-30(22)21-11-10-17(25)12-20(21)26/h6-12,18,22H,1-5,13-14H2,(H2,27,28,31). The molecule has 1 unspecified atom stereocenters. The maximum Gasteiger partial charge on any atom is 0.315 e. The molecule has 2 N–H and O–H groups in total. The van der Waals surface area contributed by atoms with Crippen LogP contribution in [0.3, 0.4) is 0 Å². The number of carbonyl (C=O) groups is 1. The predicted octanol–water partition coefficient (Wildman–Crippen LogP) is 6.59. The van der Waals surface area contributed by atoms with Crippen LogP contribution in [0.2, 0.25) is 15.1 Å². The third-order valence-corrected chi connectivity index (χ3v) is 6.57. The molecule has 0 aromatic heterocycles. The fourth-order valence-electron chi connectivity index (χ4n) is 4.18. The molecule has 4 rings (SSSR count). The number of hydrogen-bond acceptors (Lipinski definition) is 3. The maximum atomic E-state index is 12.4. The van der Waals surface area contributed by atoms with Gasteiger partial charge in [0.25, 0.3) is 0 Å². The van der Waals surface area contributed by atoms with Gasteiger partial charge >= 0.3 is 6.03 Å². The lowest BCUT2D eigenvalue weighted by Gasteiger charge is -2.25. The molecule has 31 heavy (non-hydrogen) atoms. The number of hydrogen-bond donors (Lipinski definition) is 2. The Morgan fingerprint density at radius 1 is 1.00 bits per heavy atom. The first-order chi connectivity index (χ1) is 15.0. The van der Waals surface area contributed by atoms with E-state index in [0.29, 0.717) is 28.0 Å². The number of halogens is 3. The summed E-state index contributed by atoms with van der Waals surface area (Å²) in [6.07, 6.45) is 6.39. The predicted molar refractivity (Wildman–Crippen MR) is 129 cm³/mol. The highest BCUT2D eigenvalue weighted by molar-refractivity contribution is 6.36. The Bertz CT molecular complexity index is 958. The average molecular weight is 480 g/mol. The Balaban J connectivity index is 1.48. The van der Waals surface area contributed by atoms with Gasteiger partial charge in [0.2, 0.25) is 0 Å². The normalized spacial score (nSPS) is 19.3. The highest BCUT2D eigenvalue weighted by Gasteiger charge is 2.30. The van der Waals surface area contributed by atoms with Gasteiger partial charge in [0.15, 0.2) is 0 Å². The Morgan fingerprint density at radius 3 is 2.42 bits per heavy atom. The molecule has 1 fully saturated rings. The van der Waals surface area contributed by atoms with Crippen LogP contribution in [0.1, 0.15) is 50.1 Å². The number of carbonyl (C=O) groups excluding carboxylic acids is 1. The molecule has 2 amide bonds. The molecule has 0 radical (unpaired) electrons. The molecule has 0 bridgehead atoms. The van der Waals surface area contributed by atoms with Gasteiger partial charge in [-0.2, -0.15) is 5.10 Å². The number of amides is 2. The lowest BCUT2D eigenvalue weighted by molar-refractivity contribution is 0.234. The number of nitrogens with one attached hydrogen (secondary N) is 2. The summed E-state index contributed by atoms with van der Waals surface area (Å²) in [5.41, 5.74) is 2.72. The minimum absolute atomic E-state index is 0.0471. The van der Waals surface area contributed by atoms with Gasteiger partial charge in [-0.3, -0.25) is 5.01 Å². The molecule has 8 heteroatoms. The first-order valence-electron chi connectivity index (χ1n) is 10.6. The molecular formula is C23H25Cl3N4O. The van der Waals surface area contributed by atoms with Crippen molar-refractivity contribution in [3.05, 3.63) is 63.1 Å².